The molecule has 0 bridgehead atoms. The van der Waals surface area contributed by atoms with Crippen LogP contribution >= 0.6 is 11.8 Å². The van der Waals surface area contributed by atoms with Crippen LogP contribution in [0.25, 0.3) is 0 Å². The van der Waals surface area contributed by atoms with Crippen molar-refractivity contribution < 1.29 is 4.79 Å². The zero-order valence-corrected chi connectivity index (χ0v) is 12.6. The van der Waals surface area contributed by atoms with Gasteiger partial charge in [-0.3, -0.25) is 4.79 Å². The molecule has 2 aromatic rings. The fraction of sp³-hybridized carbons (Fsp3) is 0.357. The summed E-state index contributed by atoms with van der Waals surface area (Å²) in [7, 11) is 0. The molecule has 7 heteroatoms. The van der Waals surface area contributed by atoms with Crippen molar-refractivity contribution in [2.75, 3.05) is 18.1 Å². The predicted molar refractivity (Wildman–Crippen MR) is 81.2 cm³/mol. The molecule has 1 aromatic carbocycles. The minimum absolute atomic E-state index is 0.107. The van der Waals surface area contributed by atoms with E-state index in [2.05, 4.69) is 22.3 Å². The third kappa shape index (κ3) is 2.87. The normalized spacial score (nSPS) is 14.0. The van der Waals surface area contributed by atoms with Gasteiger partial charge in [0.25, 0.3) is 0 Å². The second-order valence-corrected chi connectivity index (χ2v) is 5.96. The number of nitrogen functional groups attached to an aromatic ring is 1. The van der Waals surface area contributed by atoms with Gasteiger partial charge in [-0.15, -0.1) is 10.2 Å². The van der Waals surface area contributed by atoms with Gasteiger partial charge in [0.05, 0.1) is 5.75 Å². The van der Waals surface area contributed by atoms with Crippen molar-refractivity contribution in [2.45, 2.75) is 25.0 Å². The van der Waals surface area contributed by atoms with Gasteiger partial charge in [0.1, 0.15) is 5.82 Å². The third-order valence-corrected chi connectivity index (χ3v) is 4.57. The van der Waals surface area contributed by atoms with Crippen molar-refractivity contribution in [3.8, 4) is 0 Å². The number of rotatable bonds is 3. The van der Waals surface area contributed by atoms with Crippen LogP contribution in [0.5, 0.6) is 0 Å². The molecule has 1 amide bonds. The van der Waals surface area contributed by atoms with E-state index in [-0.39, 0.29) is 5.91 Å². The molecule has 0 saturated carbocycles. The van der Waals surface area contributed by atoms with Crippen LogP contribution < -0.4 is 5.84 Å². The summed E-state index contributed by atoms with van der Waals surface area (Å²) in [5, 5.41) is 8.39. The van der Waals surface area contributed by atoms with Crippen LogP contribution in [0.3, 0.4) is 0 Å². The number of hydrogen-bond acceptors (Lipinski definition) is 5. The smallest absolute Gasteiger partial charge is 0.233 e. The lowest BCUT2D eigenvalue weighted by molar-refractivity contribution is -0.129. The number of carbonyl (C=O) groups excluding carboxylic acids is 1. The summed E-state index contributed by atoms with van der Waals surface area (Å²) in [5.41, 5.74) is 2.58. The van der Waals surface area contributed by atoms with Crippen LogP contribution in [-0.2, 0) is 17.8 Å². The highest BCUT2D eigenvalue weighted by Gasteiger charge is 2.21. The van der Waals surface area contributed by atoms with Crippen LogP contribution in [0.2, 0.25) is 0 Å². The van der Waals surface area contributed by atoms with Gasteiger partial charge in [-0.05, 0) is 24.5 Å². The number of benzene rings is 1. The fourth-order valence-electron chi connectivity index (χ4n) is 2.37. The Balaban J connectivity index is 1.61. The summed E-state index contributed by atoms with van der Waals surface area (Å²) in [6.07, 6.45) is 0.915. The molecule has 0 spiro atoms. The molecule has 3 rings (SSSR count). The first-order valence-corrected chi connectivity index (χ1v) is 7.78. The van der Waals surface area contributed by atoms with Crippen molar-refractivity contribution in [3.63, 3.8) is 0 Å². The molecule has 0 unspecified atom stereocenters. The average molecular weight is 303 g/mol. The van der Waals surface area contributed by atoms with E-state index in [9.17, 15) is 4.79 Å². The number of nitrogens with zero attached hydrogens (tertiary/aromatic N) is 4. The zero-order chi connectivity index (χ0) is 14.8. The molecule has 110 valence electrons. The summed E-state index contributed by atoms with van der Waals surface area (Å²) in [6, 6.07) is 8.27. The minimum Gasteiger partial charge on any atom is -0.337 e. The van der Waals surface area contributed by atoms with E-state index in [0.29, 0.717) is 23.3 Å². The summed E-state index contributed by atoms with van der Waals surface area (Å²) in [5.74, 6) is 6.85. The summed E-state index contributed by atoms with van der Waals surface area (Å²) in [4.78, 5) is 14.2. The van der Waals surface area contributed by atoms with Crippen LogP contribution in [-0.4, -0.2) is 38.0 Å². The lowest BCUT2D eigenvalue weighted by atomic mass is 10.00. The van der Waals surface area contributed by atoms with Gasteiger partial charge in [-0.1, -0.05) is 36.0 Å². The molecular formula is C14H17N5OS. The molecule has 1 aliphatic rings. The van der Waals surface area contributed by atoms with Crippen LogP contribution in [0.15, 0.2) is 29.4 Å². The number of thioether (sulfide) groups is 1. The van der Waals surface area contributed by atoms with Crippen molar-refractivity contribution >= 4 is 17.7 Å². The Hall–Kier alpha value is -2.02. The Bertz CT molecular complexity index is 669. The molecule has 1 aromatic heterocycles. The second kappa shape index (κ2) is 5.77. The molecule has 2 N–H and O–H groups in total. The zero-order valence-electron chi connectivity index (χ0n) is 11.8. The highest BCUT2D eigenvalue weighted by molar-refractivity contribution is 7.99. The molecule has 2 heterocycles. The maximum atomic E-state index is 12.3. The predicted octanol–water partition coefficient (Wildman–Crippen LogP) is 0.977. The van der Waals surface area contributed by atoms with E-state index in [4.69, 9.17) is 5.84 Å². The van der Waals surface area contributed by atoms with Crippen LogP contribution in [0, 0.1) is 6.92 Å². The molecule has 0 saturated heterocycles. The lowest BCUT2D eigenvalue weighted by Crippen LogP contribution is -2.37. The van der Waals surface area contributed by atoms with E-state index in [1.165, 1.54) is 27.6 Å². The van der Waals surface area contributed by atoms with Gasteiger partial charge in [-0.25, -0.2) is 4.68 Å². The van der Waals surface area contributed by atoms with Crippen molar-refractivity contribution in [1.82, 2.24) is 19.8 Å². The highest BCUT2D eigenvalue weighted by Crippen LogP contribution is 2.20. The summed E-state index contributed by atoms with van der Waals surface area (Å²) < 4.78 is 1.41. The van der Waals surface area contributed by atoms with Gasteiger partial charge < -0.3 is 10.7 Å². The first-order valence-electron chi connectivity index (χ1n) is 6.79. The average Bonchev–Trinajstić information content (AvgIpc) is 2.84. The molecule has 1 aliphatic heterocycles. The Morgan fingerprint density at radius 2 is 2.10 bits per heavy atom. The van der Waals surface area contributed by atoms with Crippen molar-refractivity contribution in [3.05, 3.63) is 41.2 Å². The highest BCUT2D eigenvalue weighted by atomic mass is 32.2. The molecule has 0 fully saturated rings. The monoisotopic (exact) mass is 303 g/mol. The largest absolute Gasteiger partial charge is 0.337 e. The van der Waals surface area contributed by atoms with Gasteiger partial charge in [0.15, 0.2) is 0 Å². The van der Waals surface area contributed by atoms with E-state index < -0.39 is 0 Å². The number of fused-ring (bicyclic) bond motifs is 1. The third-order valence-electron chi connectivity index (χ3n) is 3.64. The first-order chi connectivity index (χ1) is 10.1. The number of carbonyl (C=O) groups is 1. The molecule has 6 nitrogen and oxygen atoms in total. The molecule has 0 radical (unpaired) electrons. The van der Waals surface area contributed by atoms with E-state index >= 15 is 0 Å². The Morgan fingerprint density at radius 1 is 1.33 bits per heavy atom. The van der Waals surface area contributed by atoms with E-state index in [0.717, 1.165) is 13.0 Å². The Morgan fingerprint density at radius 3 is 2.81 bits per heavy atom. The number of aromatic nitrogens is 3. The first kappa shape index (κ1) is 13.9. The van der Waals surface area contributed by atoms with Gasteiger partial charge in [-0.2, -0.15) is 0 Å². The fourth-order valence-corrected chi connectivity index (χ4v) is 3.18. The maximum absolute atomic E-state index is 12.3. The number of amides is 1. The van der Waals surface area contributed by atoms with Crippen molar-refractivity contribution in [2.24, 2.45) is 0 Å². The molecular weight excluding hydrogens is 286 g/mol. The van der Waals surface area contributed by atoms with E-state index in [1.54, 1.807) is 6.92 Å². The van der Waals surface area contributed by atoms with Gasteiger partial charge >= 0.3 is 0 Å². The van der Waals surface area contributed by atoms with Gasteiger partial charge in [0.2, 0.25) is 11.1 Å². The molecule has 0 aliphatic carbocycles. The van der Waals surface area contributed by atoms with E-state index in [1.807, 2.05) is 17.0 Å². The Kier molecular flexibility index (Phi) is 3.83. The quantitative estimate of drug-likeness (QED) is 0.675. The minimum atomic E-state index is 0.107. The number of nitrogens with two attached hydrogens (primary N) is 1. The standard InChI is InChI=1S/C14H17N5OS/c1-10-16-17-14(19(10)15)21-9-13(20)18-7-6-11-4-2-3-5-12(11)8-18/h2-5H,6-9,15H2,1H3. The number of aryl methyl sites for hydroxylation is 1. The van der Waals surface area contributed by atoms with Crippen LogP contribution in [0.1, 0.15) is 17.0 Å². The summed E-state index contributed by atoms with van der Waals surface area (Å²) >= 11 is 1.32. The molecule has 0 atom stereocenters. The topological polar surface area (TPSA) is 77.0 Å². The van der Waals surface area contributed by atoms with Gasteiger partial charge in [0, 0.05) is 13.1 Å². The SMILES string of the molecule is Cc1nnc(SCC(=O)N2CCc3ccccc3C2)n1N. The number of hydrogen-bond donors (Lipinski definition) is 1. The summed E-state index contributed by atoms with van der Waals surface area (Å²) in [6.45, 7) is 3.23. The second-order valence-electron chi connectivity index (χ2n) is 5.02. The molecule has 21 heavy (non-hydrogen) atoms. The van der Waals surface area contributed by atoms with Crippen LogP contribution in [0.4, 0.5) is 0 Å². The maximum Gasteiger partial charge on any atom is 0.233 e. The van der Waals surface area contributed by atoms with Crippen molar-refractivity contribution in [1.29, 1.82) is 0 Å². The lowest BCUT2D eigenvalue weighted by Gasteiger charge is -2.28. The Labute approximate surface area is 127 Å².